The highest BCUT2D eigenvalue weighted by molar-refractivity contribution is 9.10. The van der Waals surface area contributed by atoms with Gasteiger partial charge in [-0.1, -0.05) is 47.4 Å². The standard InChI is InChI=1S/C17H27BrClN/c1-6-17(7-2,12-20-16(3,4)5)11-13-8-9-14(18)10-15(13)19/h8-10,20H,6-7,11-12H2,1-5H3. The Balaban J connectivity index is 2.90. The summed E-state index contributed by atoms with van der Waals surface area (Å²) < 4.78 is 1.04. The maximum absolute atomic E-state index is 6.39. The van der Waals surface area contributed by atoms with Gasteiger partial charge in [0.25, 0.3) is 0 Å². The van der Waals surface area contributed by atoms with Crippen LogP contribution in [0.4, 0.5) is 0 Å². The first-order valence-corrected chi connectivity index (χ1v) is 8.57. The van der Waals surface area contributed by atoms with Gasteiger partial charge in [-0.05, 0) is 63.1 Å². The Morgan fingerprint density at radius 3 is 2.20 bits per heavy atom. The molecule has 0 aliphatic carbocycles. The Morgan fingerprint density at radius 1 is 1.15 bits per heavy atom. The van der Waals surface area contributed by atoms with E-state index in [9.17, 15) is 0 Å². The van der Waals surface area contributed by atoms with E-state index < -0.39 is 0 Å². The van der Waals surface area contributed by atoms with E-state index >= 15 is 0 Å². The third kappa shape index (κ3) is 5.38. The van der Waals surface area contributed by atoms with Crippen molar-refractivity contribution >= 4 is 27.5 Å². The highest BCUT2D eigenvalue weighted by Gasteiger charge is 2.28. The van der Waals surface area contributed by atoms with Crippen LogP contribution in [0.2, 0.25) is 5.02 Å². The molecule has 0 radical (unpaired) electrons. The van der Waals surface area contributed by atoms with E-state index in [0.29, 0.717) is 0 Å². The monoisotopic (exact) mass is 359 g/mol. The van der Waals surface area contributed by atoms with Gasteiger partial charge in [0.2, 0.25) is 0 Å². The lowest BCUT2D eigenvalue weighted by atomic mass is 9.76. The normalized spacial score (nSPS) is 12.8. The molecule has 0 spiro atoms. The minimum absolute atomic E-state index is 0.152. The molecule has 1 rings (SSSR count). The molecule has 0 aliphatic rings. The highest BCUT2D eigenvalue weighted by Crippen LogP contribution is 2.34. The van der Waals surface area contributed by atoms with Crippen molar-refractivity contribution in [2.24, 2.45) is 5.41 Å². The van der Waals surface area contributed by atoms with Crippen molar-refractivity contribution in [1.82, 2.24) is 5.32 Å². The van der Waals surface area contributed by atoms with E-state index in [1.165, 1.54) is 5.56 Å². The summed E-state index contributed by atoms with van der Waals surface area (Å²) in [5.74, 6) is 0. The summed E-state index contributed by atoms with van der Waals surface area (Å²) >= 11 is 9.86. The quantitative estimate of drug-likeness (QED) is 0.672. The SMILES string of the molecule is CCC(CC)(CNC(C)(C)C)Cc1ccc(Br)cc1Cl. The van der Waals surface area contributed by atoms with Gasteiger partial charge in [-0.3, -0.25) is 0 Å². The zero-order chi connectivity index (χ0) is 15.4. The Morgan fingerprint density at radius 2 is 1.75 bits per heavy atom. The molecule has 114 valence electrons. The Labute approximate surface area is 137 Å². The fourth-order valence-corrected chi connectivity index (χ4v) is 3.07. The summed E-state index contributed by atoms with van der Waals surface area (Å²) in [4.78, 5) is 0. The molecule has 0 unspecified atom stereocenters. The fourth-order valence-electron chi connectivity index (χ4n) is 2.33. The molecule has 0 saturated heterocycles. The van der Waals surface area contributed by atoms with Gasteiger partial charge in [0, 0.05) is 21.6 Å². The molecule has 1 aromatic rings. The summed E-state index contributed by atoms with van der Waals surface area (Å²) in [6.45, 7) is 12.2. The van der Waals surface area contributed by atoms with Crippen molar-refractivity contribution in [3.05, 3.63) is 33.3 Å². The number of rotatable bonds is 6. The van der Waals surface area contributed by atoms with Gasteiger partial charge in [-0.2, -0.15) is 0 Å². The van der Waals surface area contributed by atoms with Crippen LogP contribution in [0.25, 0.3) is 0 Å². The summed E-state index contributed by atoms with van der Waals surface area (Å²) in [5, 5.41) is 4.53. The number of hydrogen-bond donors (Lipinski definition) is 1. The lowest BCUT2D eigenvalue weighted by molar-refractivity contribution is 0.220. The Bertz CT molecular complexity index is 433. The van der Waals surface area contributed by atoms with E-state index in [-0.39, 0.29) is 11.0 Å². The highest BCUT2D eigenvalue weighted by atomic mass is 79.9. The van der Waals surface area contributed by atoms with E-state index in [1.807, 2.05) is 6.07 Å². The fraction of sp³-hybridized carbons (Fsp3) is 0.647. The zero-order valence-electron chi connectivity index (χ0n) is 13.3. The van der Waals surface area contributed by atoms with Gasteiger partial charge >= 0.3 is 0 Å². The topological polar surface area (TPSA) is 12.0 Å². The molecule has 20 heavy (non-hydrogen) atoms. The minimum atomic E-state index is 0.152. The van der Waals surface area contributed by atoms with E-state index in [1.54, 1.807) is 0 Å². The van der Waals surface area contributed by atoms with Crippen LogP contribution in [-0.2, 0) is 6.42 Å². The van der Waals surface area contributed by atoms with Crippen molar-refractivity contribution in [3.63, 3.8) is 0 Å². The molecular weight excluding hydrogens is 334 g/mol. The van der Waals surface area contributed by atoms with Crippen LogP contribution in [0.1, 0.15) is 53.0 Å². The molecule has 3 heteroatoms. The lowest BCUT2D eigenvalue weighted by Crippen LogP contribution is -2.44. The Kier molecular flexibility index (Phi) is 6.56. The van der Waals surface area contributed by atoms with Gasteiger partial charge in [0.05, 0.1) is 0 Å². The van der Waals surface area contributed by atoms with Gasteiger partial charge in [0.1, 0.15) is 0 Å². The van der Waals surface area contributed by atoms with Crippen molar-refractivity contribution < 1.29 is 0 Å². The molecule has 0 saturated carbocycles. The smallest absolute Gasteiger partial charge is 0.0449 e. The summed E-state index contributed by atoms with van der Waals surface area (Å²) in [6.07, 6.45) is 3.33. The van der Waals surface area contributed by atoms with Crippen molar-refractivity contribution in [1.29, 1.82) is 0 Å². The second-order valence-electron chi connectivity index (χ2n) is 6.72. The maximum Gasteiger partial charge on any atom is 0.0449 e. The molecule has 0 fully saturated rings. The molecular formula is C17H27BrClN. The lowest BCUT2D eigenvalue weighted by Gasteiger charge is -2.36. The third-order valence-corrected chi connectivity index (χ3v) is 4.92. The first-order valence-electron chi connectivity index (χ1n) is 7.40. The average Bonchev–Trinajstić information content (AvgIpc) is 2.36. The minimum Gasteiger partial charge on any atom is -0.312 e. The number of hydrogen-bond acceptors (Lipinski definition) is 1. The predicted octanol–water partition coefficient (Wildman–Crippen LogP) is 5.84. The Hall–Kier alpha value is -0.0500. The van der Waals surface area contributed by atoms with Crippen molar-refractivity contribution in [2.45, 2.75) is 59.4 Å². The molecule has 0 bridgehead atoms. The van der Waals surface area contributed by atoms with E-state index in [4.69, 9.17) is 11.6 Å². The van der Waals surface area contributed by atoms with Crippen LogP contribution in [0.5, 0.6) is 0 Å². The summed E-state index contributed by atoms with van der Waals surface area (Å²) in [6, 6.07) is 6.21. The molecule has 0 heterocycles. The molecule has 1 nitrogen and oxygen atoms in total. The van der Waals surface area contributed by atoms with E-state index in [0.717, 1.165) is 35.3 Å². The summed E-state index contributed by atoms with van der Waals surface area (Å²) in [7, 11) is 0. The summed E-state index contributed by atoms with van der Waals surface area (Å²) in [5.41, 5.74) is 1.67. The molecule has 0 aliphatic heterocycles. The van der Waals surface area contributed by atoms with Crippen LogP contribution in [0, 0.1) is 5.41 Å². The number of nitrogens with one attached hydrogen (secondary N) is 1. The van der Waals surface area contributed by atoms with Crippen molar-refractivity contribution in [2.75, 3.05) is 6.54 Å². The van der Waals surface area contributed by atoms with Crippen LogP contribution in [-0.4, -0.2) is 12.1 Å². The predicted molar refractivity (Wildman–Crippen MR) is 93.6 cm³/mol. The second-order valence-corrected chi connectivity index (χ2v) is 8.05. The van der Waals surface area contributed by atoms with Crippen LogP contribution < -0.4 is 5.32 Å². The molecule has 0 amide bonds. The molecule has 0 atom stereocenters. The number of benzene rings is 1. The first kappa shape index (κ1) is 18.0. The van der Waals surface area contributed by atoms with Gasteiger partial charge in [-0.25, -0.2) is 0 Å². The van der Waals surface area contributed by atoms with Crippen LogP contribution in [0.3, 0.4) is 0 Å². The van der Waals surface area contributed by atoms with Crippen LogP contribution in [0.15, 0.2) is 22.7 Å². The van der Waals surface area contributed by atoms with Gasteiger partial charge < -0.3 is 5.32 Å². The first-order chi connectivity index (χ1) is 9.21. The zero-order valence-corrected chi connectivity index (χ0v) is 15.7. The van der Waals surface area contributed by atoms with Crippen molar-refractivity contribution in [3.8, 4) is 0 Å². The average molecular weight is 361 g/mol. The maximum atomic E-state index is 6.39. The van der Waals surface area contributed by atoms with Crippen LogP contribution >= 0.6 is 27.5 Å². The molecule has 1 N–H and O–H groups in total. The molecule has 0 aromatic heterocycles. The van der Waals surface area contributed by atoms with E-state index in [2.05, 4.69) is 68.0 Å². The van der Waals surface area contributed by atoms with Gasteiger partial charge in [0.15, 0.2) is 0 Å². The largest absolute Gasteiger partial charge is 0.312 e. The molecule has 1 aromatic carbocycles. The number of halogens is 2. The third-order valence-electron chi connectivity index (χ3n) is 4.07. The second kappa shape index (κ2) is 7.29. The van der Waals surface area contributed by atoms with Gasteiger partial charge in [-0.15, -0.1) is 0 Å².